The van der Waals surface area contributed by atoms with Gasteiger partial charge in [0.05, 0.1) is 11.3 Å². The Bertz CT molecular complexity index is 1150. The minimum atomic E-state index is -4.46. The van der Waals surface area contributed by atoms with E-state index in [9.17, 15) is 17.6 Å². The maximum atomic E-state index is 13.6. The Morgan fingerprint density at radius 1 is 1.03 bits per heavy atom. The molecule has 0 aliphatic carbocycles. The molecule has 3 heterocycles. The first kappa shape index (κ1) is 24.9. The van der Waals surface area contributed by atoms with Gasteiger partial charge in [0.25, 0.3) is 0 Å². The number of benzene rings is 1. The molecule has 0 saturated heterocycles. The average Bonchev–Trinajstić information content (AvgIpc) is 2.80. The fourth-order valence-corrected chi connectivity index (χ4v) is 4.28. The van der Waals surface area contributed by atoms with Crippen LogP contribution in [0.4, 0.5) is 29.2 Å². The highest BCUT2D eigenvalue weighted by Gasteiger charge is 2.36. The summed E-state index contributed by atoms with van der Waals surface area (Å²) in [5, 5.41) is 3.43. The van der Waals surface area contributed by atoms with Crippen LogP contribution in [-0.2, 0) is 25.4 Å². The van der Waals surface area contributed by atoms with Crippen LogP contribution in [0.5, 0.6) is 0 Å². The Hall–Kier alpha value is -3.23. The van der Waals surface area contributed by atoms with E-state index in [1.54, 1.807) is 17.0 Å². The van der Waals surface area contributed by atoms with Gasteiger partial charge in [-0.15, -0.1) is 0 Å². The average molecular weight is 488 g/mol. The van der Waals surface area contributed by atoms with Crippen molar-refractivity contribution < 1.29 is 17.6 Å². The summed E-state index contributed by atoms with van der Waals surface area (Å²) in [6.07, 6.45) is -0.547. The van der Waals surface area contributed by atoms with Gasteiger partial charge in [0.1, 0.15) is 23.3 Å². The molecule has 186 valence electrons. The number of anilines is 2. The van der Waals surface area contributed by atoms with E-state index in [-0.39, 0.29) is 17.6 Å². The Labute approximate surface area is 202 Å². The van der Waals surface area contributed by atoms with Crippen LogP contribution in [-0.4, -0.2) is 34.6 Å². The summed E-state index contributed by atoms with van der Waals surface area (Å²) in [5.74, 6) is 1.30. The van der Waals surface area contributed by atoms with Crippen molar-refractivity contribution in [3.63, 3.8) is 0 Å². The van der Waals surface area contributed by atoms with Crippen LogP contribution in [0.15, 0.2) is 42.6 Å². The minimum Gasteiger partial charge on any atom is -0.369 e. The molecule has 2 aromatic heterocycles. The van der Waals surface area contributed by atoms with Crippen molar-refractivity contribution in [3.8, 4) is 0 Å². The van der Waals surface area contributed by atoms with Gasteiger partial charge in [-0.1, -0.05) is 26.0 Å². The second kappa shape index (κ2) is 10.6. The van der Waals surface area contributed by atoms with Gasteiger partial charge in [0, 0.05) is 43.7 Å². The zero-order chi connectivity index (χ0) is 25.0. The van der Waals surface area contributed by atoms with Crippen LogP contribution in [0, 0.1) is 5.82 Å². The fraction of sp³-hybridized carbons (Fsp3) is 0.423. The second-order valence-electron chi connectivity index (χ2n) is 9.03. The molecule has 1 aromatic carbocycles. The molecular formula is C26H29F4N5. The maximum absolute atomic E-state index is 13.6. The summed E-state index contributed by atoms with van der Waals surface area (Å²) in [5.41, 5.74) is 2.19. The lowest BCUT2D eigenvalue weighted by molar-refractivity contribution is -0.137. The summed E-state index contributed by atoms with van der Waals surface area (Å²) in [6, 6.07) is 8.83. The number of hydrogen-bond acceptors (Lipinski definition) is 5. The first-order valence-corrected chi connectivity index (χ1v) is 11.9. The molecule has 5 nitrogen and oxygen atoms in total. The molecule has 1 aliphatic heterocycles. The van der Waals surface area contributed by atoms with E-state index in [1.807, 2.05) is 13.8 Å². The maximum Gasteiger partial charge on any atom is 0.419 e. The largest absolute Gasteiger partial charge is 0.419 e. The third-order valence-corrected chi connectivity index (χ3v) is 6.11. The number of aromatic nitrogens is 3. The molecule has 35 heavy (non-hydrogen) atoms. The molecule has 9 heteroatoms. The molecule has 1 N–H and O–H groups in total. The van der Waals surface area contributed by atoms with Gasteiger partial charge < -0.3 is 10.2 Å². The highest BCUT2D eigenvalue weighted by molar-refractivity contribution is 5.51. The van der Waals surface area contributed by atoms with Crippen LogP contribution in [0.2, 0.25) is 0 Å². The quantitative estimate of drug-likeness (QED) is 0.445. The topological polar surface area (TPSA) is 53.9 Å². The molecule has 0 bridgehead atoms. The van der Waals surface area contributed by atoms with Gasteiger partial charge in [0.15, 0.2) is 0 Å². The fourth-order valence-electron chi connectivity index (χ4n) is 4.28. The number of fused-ring (bicyclic) bond motifs is 1. The number of pyridine rings is 1. The molecule has 0 fully saturated rings. The molecule has 4 rings (SSSR count). The lowest BCUT2D eigenvalue weighted by Gasteiger charge is -2.29. The first-order chi connectivity index (χ1) is 16.7. The van der Waals surface area contributed by atoms with Gasteiger partial charge in [-0.05, 0) is 49.1 Å². The van der Waals surface area contributed by atoms with Crippen LogP contribution in [0.3, 0.4) is 0 Å². The van der Waals surface area contributed by atoms with Crippen LogP contribution in [0.25, 0.3) is 0 Å². The molecule has 0 atom stereocenters. The molecule has 3 aromatic rings. The van der Waals surface area contributed by atoms with Gasteiger partial charge in [-0.3, -0.25) is 0 Å². The van der Waals surface area contributed by atoms with E-state index < -0.39 is 11.7 Å². The van der Waals surface area contributed by atoms with Crippen LogP contribution >= 0.6 is 0 Å². The van der Waals surface area contributed by atoms with Crippen molar-refractivity contribution in [1.29, 1.82) is 0 Å². The normalized spacial score (nSPS) is 14.4. The Balaban J connectivity index is 1.55. The standard InChI is InChI=1S/C26H29F4N5/c1-17(2)23-33-22-12-16-35(25-21(26(28,29)30)6-3-13-32-25)15-4-5-20(22)24(34-23)31-14-11-18-7-9-19(27)10-8-18/h3,6-10,13,17H,4-5,11-12,14-16H2,1-2H3,(H,31,33,34). The second-order valence-corrected chi connectivity index (χ2v) is 9.03. The molecule has 0 unspecified atom stereocenters. The van der Waals surface area contributed by atoms with Crippen molar-refractivity contribution in [2.24, 2.45) is 0 Å². The Morgan fingerprint density at radius 2 is 1.80 bits per heavy atom. The molecule has 1 aliphatic rings. The summed E-state index contributed by atoms with van der Waals surface area (Å²) in [6.45, 7) is 5.50. The molecule has 0 amide bonds. The van der Waals surface area contributed by atoms with Gasteiger partial charge >= 0.3 is 6.18 Å². The third-order valence-electron chi connectivity index (χ3n) is 6.11. The number of hydrogen-bond donors (Lipinski definition) is 1. The highest BCUT2D eigenvalue weighted by Crippen LogP contribution is 2.36. The van der Waals surface area contributed by atoms with Crippen LogP contribution in [0.1, 0.15) is 54.4 Å². The van der Waals surface area contributed by atoms with E-state index in [4.69, 9.17) is 9.97 Å². The summed E-state index contributed by atoms with van der Waals surface area (Å²) in [7, 11) is 0. The predicted octanol–water partition coefficient (Wildman–Crippen LogP) is 5.80. The Kier molecular flexibility index (Phi) is 7.52. The number of rotatable bonds is 6. The van der Waals surface area contributed by atoms with E-state index in [0.717, 1.165) is 28.7 Å². The van der Waals surface area contributed by atoms with Crippen molar-refractivity contribution in [2.45, 2.75) is 51.6 Å². The van der Waals surface area contributed by atoms with E-state index >= 15 is 0 Å². The van der Waals surface area contributed by atoms with Gasteiger partial charge in [-0.2, -0.15) is 13.2 Å². The van der Waals surface area contributed by atoms with Gasteiger partial charge in [0.2, 0.25) is 0 Å². The first-order valence-electron chi connectivity index (χ1n) is 11.9. The van der Waals surface area contributed by atoms with E-state index in [1.165, 1.54) is 24.4 Å². The van der Waals surface area contributed by atoms with Crippen molar-refractivity contribution in [3.05, 3.63) is 76.6 Å². The summed E-state index contributed by atoms with van der Waals surface area (Å²) in [4.78, 5) is 15.3. The third kappa shape index (κ3) is 6.07. The summed E-state index contributed by atoms with van der Waals surface area (Å²) >= 11 is 0. The summed E-state index contributed by atoms with van der Waals surface area (Å²) < 4.78 is 53.9. The molecule has 0 saturated carbocycles. The molecule has 0 spiro atoms. The van der Waals surface area contributed by atoms with Crippen molar-refractivity contribution >= 4 is 11.6 Å². The smallest absolute Gasteiger partial charge is 0.369 e. The minimum absolute atomic E-state index is 0.0285. The number of nitrogens with zero attached hydrogens (tertiary/aromatic N) is 4. The highest BCUT2D eigenvalue weighted by atomic mass is 19.4. The molecular weight excluding hydrogens is 458 g/mol. The Morgan fingerprint density at radius 3 is 2.51 bits per heavy atom. The number of nitrogens with one attached hydrogen (secondary N) is 1. The van der Waals surface area contributed by atoms with Crippen molar-refractivity contribution in [2.75, 3.05) is 29.9 Å². The predicted molar refractivity (Wildman–Crippen MR) is 128 cm³/mol. The lowest BCUT2D eigenvalue weighted by atomic mass is 10.0. The zero-order valence-electron chi connectivity index (χ0n) is 19.9. The van der Waals surface area contributed by atoms with E-state index in [0.29, 0.717) is 51.1 Å². The molecule has 0 radical (unpaired) electrons. The van der Waals surface area contributed by atoms with E-state index in [2.05, 4.69) is 10.3 Å². The van der Waals surface area contributed by atoms with Gasteiger partial charge in [-0.25, -0.2) is 19.3 Å². The number of halogens is 4. The van der Waals surface area contributed by atoms with Crippen molar-refractivity contribution in [1.82, 2.24) is 15.0 Å². The lowest BCUT2D eigenvalue weighted by Crippen LogP contribution is -2.33. The number of alkyl halides is 3. The monoisotopic (exact) mass is 487 g/mol. The zero-order valence-corrected chi connectivity index (χ0v) is 19.9. The van der Waals surface area contributed by atoms with Crippen LogP contribution < -0.4 is 10.2 Å². The SMILES string of the molecule is CC(C)c1nc2c(c(NCCc3ccc(F)cc3)n1)CCCN(c1ncccc1C(F)(F)F)CC2.